The van der Waals surface area contributed by atoms with Crippen LogP contribution in [0.15, 0.2) is 16.9 Å². The third-order valence-corrected chi connectivity index (χ3v) is 1.90. The van der Waals surface area contributed by atoms with Crippen LogP contribution in [-0.4, -0.2) is 16.1 Å². The van der Waals surface area contributed by atoms with Crippen molar-refractivity contribution in [3.05, 3.63) is 34.0 Å². The molecule has 3 N–H and O–H groups in total. The second kappa shape index (κ2) is 2.55. The first-order chi connectivity index (χ1) is 6.16. The first-order valence-corrected chi connectivity index (χ1v) is 3.74. The number of aromatic nitrogens is 2. The SMILES string of the molecule is O=C(O)C1C=Cc2cc1[nH]c(=O)[nH+]2. The molecule has 5 nitrogen and oxygen atoms in total. The van der Waals surface area contributed by atoms with Crippen molar-refractivity contribution >= 4 is 12.0 Å². The molecule has 1 atom stereocenters. The van der Waals surface area contributed by atoms with Gasteiger partial charge in [0.1, 0.15) is 17.3 Å². The van der Waals surface area contributed by atoms with E-state index in [1.807, 2.05) is 0 Å². The van der Waals surface area contributed by atoms with E-state index in [4.69, 9.17) is 5.11 Å². The Morgan fingerprint density at radius 1 is 1.62 bits per heavy atom. The molecule has 2 bridgehead atoms. The maximum atomic E-state index is 10.9. The molecule has 0 saturated heterocycles. The Morgan fingerprint density at radius 3 is 3.08 bits per heavy atom. The summed E-state index contributed by atoms with van der Waals surface area (Å²) in [5, 5.41) is 8.76. The summed E-state index contributed by atoms with van der Waals surface area (Å²) in [5.74, 6) is -1.71. The van der Waals surface area contributed by atoms with Gasteiger partial charge in [-0.05, 0) is 6.08 Å². The number of aromatic amines is 2. The second-order valence-corrected chi connectivity index (χ2v) is 2.81. The van der Waals surface area contributed by atoms with E-state index in [0.29, 0.717) is 11.4 Å². The fourth-order valence-corrected chi connectivity index (χ4v) is 1.31. The number of H-pyrrole nitrogens is 2. The molecule has 66 valence electrons. The number of carboxylic acids is 1. The van der Waals surface area contributed by atoms with E-state index >= 15 is 0 Å². The van der Waals surface area contributed by atoms with Crippen LogP contribution in [0.2, 0.25) is 0 Å². The van der Waals surface area contributed by atoms with Gasteiger partial charge >= 0.3 is 11.7 Å². The van der Waals surface area contributed by atoms with Crippen LogP contribution in [0, 0.1) is 0 Å². The minimum Gasteiger partial charge on any atom is -0.480 e. The van der Waals surface area contributed by atoms with E-state index in [-0.39, 0.29) is 5.69 Å². The Morgan fingerprint density at radius 2 is 2.38 bits per heavy atom. The van der Waals surface area contributed by atoms with E-state index in [1.54, 1.807) is 12.1 Å². The lowest BCUT2D eigenvalue weighted by Gasteiger charge is -2.07. The Kier molecular flexibility index (Phi) is 1.51. The summed E-state index contributed by atoms with van der Waals surface area (Å²) in [7, 11) is 0. The molecule has 0 amide bonds. The molecule has 1 heterocycles. The number of carboxylic acid groups (broad SMARTS) is 1. The highest BCUT2D eigenvalue weighted by Gasteiger charge is 2.24. The van der Waals surface area contributed by atoms with Crippen LogP contribution in [0.4, 0.5) is 0 Å². The van der Waals surface area contributed by atoms with Gasteiger partial charge in [-0.2, -0.15) is 4.79 Å². The van der Waals surface area contributed by atoms with Crippen LogP contribution in [-0.2, 0) is 4.79 Å². The predicted octanol–water partition coefficient (Wildman–Crippen LogP) is -0.616. The summed E-state index contributed by atoms with van der Waals surface area (Å²) in [5.41, 5.74) is 0.646. The van der Waals surface area contributed by atoms with Crippen molar-refractivity contribution in [1.29, 1.82) is 0 Å². The zero-order valence-corrected chi connectivity index (χ0v) is 6.57. The van der Waals surface area contributed by atoms with Gasteiger partial charge in [0.25, 0.3) is 0 Å². The Balaban J connectivity index is 2.59. The average molecular weight is 179 g/mol. The van der Waals surface area contributed by atoms with Crippen LogP contribution in [0.1, 0.15) is 17.3 Å². The number of fused-ring (bicyclic) bond motifs is 2. The monoisotopic (exact) mass is 179 g/mol. The van der Waals surface area contributed by atoms with E-state index in [0.717, 1.165) is 0 Å². The quantitative estimate of drug-likeness (QED) is 0.602. The third-order valence-electron chi connectivity index (χ3n) is 1.90. The molecular weight excluding hydrogens is 172 g/mol. The van der Waals surface area contributed by atoms with Crippen molar-refractivity contribution < 1.29 is 14.9 Å². The van der Waals surface area contributed by atoms with Gasteiger partial charge in [0.2, 0.25) is 0 Å². The predicted molar refractivity (Wildman–Crippen MR) is 43.0 cm³/mol. The fourth-order valence-electron chi connectivity index (χ4n) is 1.31. The van der Waals surface area contributed by atoms with E-state index in [9.17, 15) is 9.59 Å². The van der Waals surface area contributed by atoms with Crippen molar-refractivity contribution in [3.63, 3.8) is 0 Å². The maximum absolute atomic E-state index is 10.9. The molecule has 0 aliphatic heterocycles. The molecule has 1 aliphatic carbocycles. The van der Waals surface area contributed by atoms with Crippen LogP contribution >= 0.6 is 0 Å². The van der Waals surface area contributed by atoms with Crippen molar-refractivity contribution in [2.75, 3.05) is 0 Å². The normalized spacial score (nSPS) is 18.6. The summed E-state index contributed by atoms with van der Waals surface area (Å²) in [6.07, 6.45) is 3.11. The lowest BCUT2D eigenvalue weighted by molar-refractivity contribution is -0.405. The van der Waals surface area contributed by atoms with Crippen molar-refractivity contribution in [2.24, 2.45) is 0 Å². The van der Waals surface area contributed by atoms with Gasteiger partial charge in [-0.1, -0.05) is 6.08 Å². The highest BCUT2D eigenvalue weighted by atomic mass is 16.4. The largest absolute Gasteiger partial charge is 0.494 e. The van der Waals surface area contributed by atoms with Crippen molar-refractivity contribution in [1.82, 2.24) is 4.98 Å². The molecule has 0 spiro atoms. The van der Waals surface area contributed by atoms with Crippen molar-refractivity contribution in [2.45, 2.75) is 5.92 Å². The Bertz CT molecular complexity index is 447. The second-order valence-electron chi connectivity index (χ2n) is 2.81. The first kappa shape index (κ1) is 7.72. The molecule has 0 aromatic carbocycles. The average Bonchev–Trinajstić information content (AvgIpc) is 2.02. The van der Waals surface area contributed by atoms with Gasteiger partial charge in [-0.3, -0.25) is 4.79 Å². The van der Waals surface area contributed by atoms with E-state index in [2.05, 4.69) is 9.97 Å². The molecule has 5 heteroatoms. The fraction of sp³-hybridized carbons (Fsp3) is 0.125. The lowest BCUT2D eigenvalue weighted by Crippen LogP contribution is -2.35. The third kappa shape index (κ3) is 1.24. The molecule has 1 aromatic rings. The van der Waals surface area contributed by atoms with Gasteiger partial charge < -0.3 is 5.11 Å². The minimum absolute atomic E-state index is 0.386. The van der Waals surface area contributed by atoms with Crippen LogP contribution in [0.25, 0.3) is 6.08 Å². The summed E-state index contributed by atoms with van der Waals surface area (Å²) < 4.78 is 0. The molecular formula is C8H7N2O3+. The molecule has 1 unspecified atom stereocenters. The lowest BCUT2D eigenvalue weighted by atomic mass is 10.00. The number of hydrogen-bond donors (Lipinski definition) is 2. The molecule has 1 aliphatic rings. The number of nitrogens with one attached hydrogen (secondary N) is 2. The summed E-state index contributed by atoms with van der Waals surface area (Å²) in [6, 6.07) is 1.61. The molecule has 13 heavy (non-hydrogen) atoms. The maximum Gasteiger partial charge on any atom is 0.494 e. The Hall–Kier alpha value is -1.91. The van der Waals surface area contributed by atoms with Gasteiger partial charge in [0.15, 0.2) is 0 Å². The van der Waals surface area contributed by atoms with Crippen LogP contribution < -0.4 is 10.7 Å². The number of aliphatic carboxylic acids is 1. The molecule has 0 radical (unpaired) electrons. The Labute approximate surface area is 72.8 Å². The van der Waals surface area contributed by atoms with Crippen LogP contribution in [0.3, 0.4) is 0 Å². The smallest absolute Gasteiger partial charge is 0.480 e. The molecule has 0 saturated carbocycles. The van der Waals surface area contributed by atoms with Gasteiger partial charge in [0.05, 0.1) is 0 Å². The van der Waals surface area contributed by atoms with Gasteiger partial charge in [-0.15, -0.1) is 0 Å². The van der Waals surface area contributed by atoms with E-state index < -0.39 is 11.9 Å². The van der Waals surface area contributed by atoms with Gasteiger partial charge in [-0.25, -0.2) is 9.97 Å². The standard InChI is InChI=1S/C8H6N2O3/c11-7(12)5-2-1-4-3-6(5)10-8(13)9-4/h1-3,5H,(H,11,12)(H,9,10,13)/p+1. The molecule has 1 aromatic heterocycles. The van der Waals surface area contributed by atoms with E-state index in [1.165, 1.54) is 6.08 Å². The number of carbonyl (C=O) groups is 1. The van der Waals surface area contributed by atoms with Gasteiger partial charge in [0, 0.05) is 6.07 Å². The number of hydrogen-bond acceptors (Lipinski definition) is 2. The van der Waals surface area contributed by atoms with Crippen molar-refractivity contribution in [3.8, 4) is 0 Å². The zero-order valence-electron chi connectivity index (χ0n) is 6.57. The highest BCUT2D eigenvalue weighted by Crippen LogP contribution is 2.19. The van der Waals surface area contributed by atoms with Crippen LogP contribution in [0.5, 0.6) is 0 Å². The summed E-state index contributed by atoms with van der Waals surface area (Å²) >= 11 is 0. The topological polar surface area (TPSA) is 84.3 Å². The zero-order chi connectivity index (χ0) is 9.42. The minimum atomic E-state index is -0.969. The first-order valence-electron chi connectivity index (χ1n) is 3.74. The number of rotatable bonds is 1. The molecule has 2 rings (SSSR count). The molecule has 0 fully saturated rings. The highest BCUT2D eigenvalue weighted by molar-refractivity contribution is 5.80. The summed E-state index contributed by atoms with van der Waals surface area (Å²) in [4.78, 5) is 26.6. The summed E-state index contributed by atoms with van der Waals surface area (Å²) in [6.45, 7) is 0.